The van der Waals surface area contributed by atoms with Crippen LogP contribution in [0.5, 0.6) is 0 Å². The second kappa shape index (κ2) is 5.20. The minimum Gasteiger partial charge on any atom is -0.396 e. The summed E-state index contributed by atoms with van der Waals surface area (Å²) in [5.74, 6) is 0. The van der Waals surface area contributed by atoms with E-state index in [1.807, 2.05) is 12.2 Å². The molecule has 1 aliphatic rings. The van der Waals surface area contributed by atoms with E-state index in [0.717, 1.165) is 25.7 Å². The molecule has 13 heavy (non-hydrogen) atoms. The Labute approximate surface area is 79.9 Å². The highest BCUT2D eigenvalue weighted by Gasteiger charge is 2.25. The molecule has 1 unspecified atom stereocenters. The molecule has 1 atom stereocenters. The highest BCUT2D eigenvalue weighted by Crippen LogP contribution is 2.27. The summed E-state index contributed by atoms with van der Waals surface area (Å²) in [6.45, 7) is 0.277. The highest BCUT2D eigenvalue weighted by molar-refractivity contribution is 5.18. The lowest BCUT2D eigenvalue weighted by Gasteiger charge is -2.29. The molecule has 0 spiro atoms. The summed E-state index contributed by atoms with van der Waals surface area (Å²) >= 11 is 0. The third kappa shape index (κ3) is 2.98. The summed E-state index contributed by atoms with van der Waals surface area (Å²) in [6, 6.07) is 0. The predicted octanol–water partition coefficient (Wildman–Crippen LogP) is 2.05. The number of unbranched alkanes of at least 4 members (excludes halogenated alkanes) is 1. The molecule has 0 saturated heterocycles. The first kappa shape index (κ1) is 10.5. The average Bonchev–Trinajstić information content (AvgIpc) is 2.20. The monoisotopic (exact) mass is 182 g/mol. The lowest BCUT2D eigenvalue weighted by atomic mass is 9.89. The van der Waals surface area contributed by atoms with Crippen molar-refractivity contribution in [3.8, 4) is 0 Å². The van der Waals surface area contributed by atoms with Gasteiger partial charge in [-0.25, -0.2) is 0 Å². The van der Waals surface area contributed by atoms with Crippen LogP contribution >= 0.6 is 0 Å². The van der Waals surface area contributed by atoms with Gasteiger partial charge in [-0.1, -0.05) is 24.3 Å². The normalized spacial score (nSPS) is 26.6. The van der Waals surface area contributed by atoms with Gasteiger partial charge in [-0.2, -0.15) is 0 Å². The Bertz CT molecular complexity index is 196. The topological polar surface area (TPSA) is 29.5 Å². The van der Waals surface area contributed by atoms with Gasteiger partial charge < -0.3 is 9.84 Å². The molecule has 0 aromatic carbocycles. The fraction of sp³-hybridized carbons (Fsp3) is 0.636. The number of hydrogen-bond acceptors (Lipinski definition) is 2. The molecule has 74 valence electrons. The summed E-state index contributed by atoms with van der Waals surface area (Å²) in [6.07, 6.45) is 12.1. The fourth-order valence-corrected chi connectivity index (χ4v) is 1.62. The van der Waals surface area contributed by atoms with E-state index in [4.69, 9.17) is 9.84 Å². The molecule has 0 aromatic rings. The largest absolute Gasteiger partial charge is 0.396 e. The van der Waals surface area contributed by atoms with Crippen LogP contribution in [0.1, 0.15) is 25.7 Å². The molecule has 0 aromatic heterocycles. The maximum Gasteiger partial charge on any atom is 0.0896 e. The smallest absolute Gasteiger partial charge is 0.0896 e. The van der Waals surface area contributed by atoms with Crippen LogP contribution < -0.4 is 0 Å². The van der Waals surface area contributed by atoms with Crippen LogP contribution in [0.3, 0.4) is 0 Å². The van der Waals surface area contributed by atoms with Crippen molar-refractivity contribution in [2.24, 2.45) is 0 Å². The second-order valence-electron chi connectivity index (χ2n) is 3.44. The lowest BCUT2D eigenvalue weighted by Crippen LogP contribution is -2.29. The van der Waals surface area contributed by atoms with Crippen molar-refractivity contribution in [1.29, 1.82) is 0 Å². The minimum absolute atomic E-state index is 0.107. The van der Waals surface area contributed by atoms with Crippen molar-refractivity contribution < 1.29 is 9.84 Å². The molecular weight excluding hydrogens is 164 g/mol. The first-order valence-electron chi connectivity index (χ1n) is 4.83. The van der Waals surface area contributed by atoms with Crippen LogP contribution in [0.2, 0.25) is 0 Å². The summed E-state index contributed by atoms with van der Waals surface area (Å²) in [4.78, 5) is 0. The van der Waals surface area contributed by atoms with Crippen LogP contribution in [0.15, 0.2) is 24.3 Å². The Hall–Kier alpha value is -0.600. The summed E-state index contributed by atoms with van der Waals surface area (Å²) in [5.41, 5.74) is -0.107. The third-order valence-electron chi connectivity index (χ3n) is 2.53. The van der Waals surface area contributed by atoms with Gasteiger partial charge in [-0.05, 0) is 25.7 Å². The van der Waals surface area contributed by atoms with Gasteiger partial charge in [0.05, 0.1) is 5.60 Å². The van der Waals surface area contributed by atoms with Gasteiger partial charge in [-0.3, -0.25) is 0 Å². The van der Waals surface area contributed by atoms with Crippen molar-refractivity contribution in [1.82, 2.24) is 0 Å². The molecule has 0 amide bonds. The maximum absolute atomic E-state index is 8.68. The van der Waals surface area contributed by atoms with Gasteiger partial charge in [0.25, 0.3) is 0 Å². The molecular formula is C11H18O2. The summed E-state index contributed by atoms with van der Waals surface area (Å²) in [5, 5.41) is 8.68. The van der Waals surface area contributed by atoms with E-state index in [1.165, 1.54) is 0 Å². The van der Waals surface area contributed by atoms with Crippen molar-refractivity contribution in [2.45, 2.75) is 31.3 Å². The number of aliphatic hydroxyl groups is 1. The third-order valence-corrected chi connectivity index (χ3v) is 2.53. The van der Waals surface area contributed by atoms with Gasteiger partial charge >= 0.3 is 0 Å². The Morgan fingerprint density at radius 3 is 2.77 bits per heavy atom. The molecule has 0 fully saturated rings. The fourth-order valence-electron chi connectivity index (χ4n) is 1.62. The average molecular weight is 182 g/mol. The SMILES string of the molecule is COC1(CCCCO)C=CC=CC1. The van der Waals surface area contributed by atoms with Crippen molar-refractivity contribution in [2.75, 3.05) is 13.7 Å². The molecule has 0 radical (unpaired) electrons. The van der Waals surface area contributed by atoms with Crippen molar-refractivity contribution >= 4 is 0 Å². The van der Waals surface area contributed by atoms with E-state index in [0.29, 0.717) is 0 Å². The zero-order valence-electron chi connectivity index (χ0n) is 8.20. The molecule has 0 aliphatic heterocycles. The van der Waals surface area contributed by atoms with Gasteiger partial charge in [-0.15, -0.1) is 0 Å². The first-order valence-corrected chi connectivity index (χ1v) is 4.83. The second-order valence-corrected chi connectivity index (χ2v) is 3.44. The molecule has 2 nitrogen and oxygen atoms in total. The van der Waals surface area contributed by atoms with E-state index >= 15 is 0 Å². The number of methoxy groups -OCH3 is 1. The Balaban J connectivity index is 2.40. The first-order chi connectivity index (χ1) is 6.33. The standard InChI is InChI=1S/C11H18O2/c1-13-11(9-5-6-10-12)7-3-2-4-8-11/h2-4,7,12H,5-6,8-10H2,1H3. The molecule has 1 aliphatic carbocycles. The molecule has 0 bridgehead atoms. The summed E-state index contributed by atoms with van der Waals surface area (Å²) < 4.78 is 5.51. The number of rotatable bonds is 5. The number of ether oxygens (including phenoxy) is 1. The van der Waals surface area contributed by atoms with Crippen LogP contribution in [-0.4, -0.2) is 24.4 Å². The molecule has 1 N–H and O–H groups in total. The Kier molecular flexibility index (Phi) is 4.19. The van der Waals surface area contributed by atoms with E-state index in [1.54, 1.807) is 7.11 Å². The van der Waals surface area contributed by atoms with Crippen molar-refractivity contribution in [3.05, 3.63) is 24.3 Å². The van der Waals surface area contributed by atoms with Gasteiger partial charge in [0.2, 0.25) is 0 Å². The van der Waals surface area contributed by atoms with E-state index in [2.05, 4.69) is 12.2 Å². The Morgan fingerprint density at radius 2 is 2.23 bits per heavy atom. The van der Waals surface area contributed by atoms with Gasteiger partial charge in [0.1, 0.15) is 0 Å². The van der Waals surface area contributed by atoms with Crippen LogP contribution in [0, 0.1) is 0 Å². The van der Waals surface area contributed by atoms with E-state index < -0.39 is 0 Å². The molecule has 0 heterocycles. The zero-order valence-corrected chi connectivity index (χ0v) is 8.20. The van der Waals surface area contributed by atoms with Gasteiger partial charge in [0, 0.05) is 13.7 Å². The molecule has 2 heteroatoms. The molecule has 0 saturated carbocycles. The van der Waals surface area contributed by atoms with Crippen LogP contribution in [0.25, 0.3) is 0 Å². The van der Waals surface area contributed by atoms with Crippen LogP contribution in [-0.2, 0) is 4.74 Å². The zero-order chi connectivity index (χ0) is 9.57. The minimum atomic E-state index is -0.107. The van der Waals surface area contributed by atoms with Crippen LogP contribution in [0.4, 0.5) is 0 Å². The Morgan fingerprint density at radius 1 is 1.38 bits per heavy atom. The number of hydrogen-bond donors (Lipinski definition) is 1. The number of aliphatic hydroxyl groups excluding tert-OH is 1. The summed E-state index contributed by atoms with van der Waals surface area (Å²) in [7, 11) is 1.75. The van der Waals surface area contributed by atoms with E-state index in [-0.39, 0.29) is 12.2 Å². The molecule has 1 rings (SSSR count). The quantitative estimate of drug-likeness (QED) is 0.659. The van der Waals surface area contributed by atoms with E-state index in [9.17, 15) is 0 Å². The highest BCUT2D eigenvalue weighted by atomic mass is 16.5. The number of allylic oxidation sites excluding steroid dienone is 2. The van der Waals surface area contributed by atoms with Gasteiger partial charge in [0.15, 0.2) is 0 Å². The maximum atomic E-state index is 8.68. The lowest BCUT2D eigenvalue weighted by molar-refractivity contribution is 0.0236. The van der Waals surface area contributed by atoms with Crippen molar-refractivity contribution in [3.63, 3.8) is 0 Å². The predicted molar refractivity (Wildman–Crippen MR) is 53.6 cm³/mol.